The highest BCUT2D eigenvalue weighted by atomic mass is 16.3. The van der Waals surface area contributed by atoms with E-state index in [0.717, 1.165) is 44.9 Å². The van der Waals surface area contributed by atoms with Gasteiger partial charge in [-0.15, -0.1) is 0 Å². The van der Waals surface area contributed by atoms with Crippen LogP contribution in [0, 0.1) is 51.8 Å². The molecule has 8 atom stereocenters. The molecule has 4 rings (SSSR count). The van der Waals surface area contributed by atoms with Crippen molar-refractivity contribution in [1.29, 1.82) is 5.26 Å². The van der Waals surface area contributed by atoms with Gasteiger partial charge in [-0.3, -0.25) is 4.79 Å². The molecular weight excluding hydrogens is 298 g/mol. The van der Waals surface area contributed by atoms with Crippen LogP contribution in [0.2, 0.25) is 0 Å². The summed E-state index contributed by atoms with van der Waals surface area (Å²) in [5, 5.41) is 20.2. The third kappa shape index (κ3) is 2.08. The molecule has 4 fully saturated rings. The highest BCUT2D eigenvalue weighted by Crippen LogP contribution is 2.67. The van der Waals surface area contributed by atoms with Gasteiger partial charge in [0, 0.05) is 5.92 Å². The second-order valence-corrected chi connectivity index (χ2v) is 9.52. The Morgan fingerprint density at radius 3 is 2.58 bits per heavy atom. The van der Waals surface area contributed by atoms with Crippen molar-refractivity contribution < 1.29 is 9.90 Å². The summed E-state index contributed by atoms with van der Waals surface area (Å²) in [5.74, 6) is 2.62. The molecule has 0 radical (unpaired) electrons. The fraction of sp³-hybridized carbons (Fsp3) is 0.905. The van der Waals surface area contributed by atoms with Crippen LogP contribution in [-0.4, -0.2) is 17.0 Å². The zero-order valence-corrected chi connectivity index (χ0v) is 15.1. The van der Waals surface area contributed by atoms with Crippen molar-refractivity contribution in [2.75, 3.05) is 0 Å². The smallest absolute Gasteiger partial charge is 0.134 e. The van der Waals surface area contributed by atoms with Gasteiger partial charge in [0.2, 0.25) is 0 Å². The van der Waals surface area contributed by atoms with E-state index in [2.05, 4.69) is 13.0 Å². The minimum Gasteiger partial charge on any atom is -0.393 e. The van der Waals surface area contributed by atoms with Crippen LogP contribution in [0.4, 0.5) is 0 Å². The molecule has 4 aliphatic rings. The first-order valence-corrected chi connectivity index (χ1v) is 10.0. The van der Waals surface area contributed by atoms with E-state index >= 15 is 0 Å². The summed E-state index contributed by atoms with van der Waals surface area (Å²) in [4.78, 5) is 12.2. The van der Waals surface area contributed by atoms with Crippen LogP contribution >= 0.6 is 0 Å². The van der Waals surface area contributed by atoms with Crippen LogP contribution in [0.15, 0.2) is 0 Å². The Labute approximate surface area is 145 Å². The van der Waals surface area contributed by atoms with Crippen LogP contribution in [-0.2, 0) is 4.79 Å². The molecular formula is C21H31NO2. The van der Waals surface area contributed by atoms with Crippen LogP contribution in [0.5, 0.6) is 0 Å². The van der Waals surface area contributed by atoms with Crippen molar-refractivity contribution in [2.24, 2.45) is 40.4 Å². The van der Waals surface area contributed by atoms with Crippen molar-refractivity contribution in [3.05, 3.63) is 0 Å². The molecule has 3 heteroatoms. The van der Waals surface area contributed by atoms with Crippen molar-refractivity contribution in [2.45, 2.75) is 77.7 Å². The van der Waals surface area contributed by atoms with Gasteiger partial charge in [0.15, 0.2) is 0 Å². The highest BCUT2D eigenvalue weighted by Gasteiger charge is 2.62. The number of hydrogen-bond acceptors (Lipinski definition) is 3. The molecule has 1 N–H and O–H groups in total. The SMILES string of the molecule is CC(=O)[C@H]1CC[C@H]2[C@@H]3CC[C@@H]4C[C@H](O)CC[C@]4(C)[C@H]3CC[C@]12C#N. The maximum absolute atomic E-state index is 12.2. The molecule has 3 nitrogen and oxygen atoms in total. The lowest BCUT2D eigenvalue weighted by molar-refractivity contribution is -0.133. The van der Waals surface area contributed by atoms with Crippen LogP contribution < -0.4 is 0 Å². The van der Waals surface area contributed by atoms with Gasteiger partial charge in [0.25, 0.3) is 0 Å². The third-order valence-corrected chi connectivity index (χ3v) is 8.85. The Kier molecular flexibility index (Phi) is 3.84. The van der Waals surface area contributed by atoms with Crippen LogP contribution in [0.1, 0.15) is 71.6 Å². The molecule has 0 aromatic carbocycles. The fourth-order valence-corrected chi connectivity index (χ4v) is 7.69. The zero-order valence-electron chi connectivity index (χ0n) is 15.1. The second-order valence-electron chi connectivity index (χ2n) is 9.52. The van der Waals surface area contributed by atoms with E-state index in [1.807, 2.05) is 0 Å². The van der Waals surface area contributed by atoms with Gasteiger partial charge in [0.05, 0.1) is 17.6 Å². The molecule has 4 aliphatic carbocycles. The number of carbonyl (C=O) groups is 1. The minimum absolute atomic E-state index is 0.0212. The first kappa shape index (κ1) is 16.6. The molecule has 0 aromatic rings. The first-order chi connectivity index (χ1) is 11.4. The lowest BCUT2D eigenvalue weighted by Gasteiger charge is -2.60. The summed E-state index contributed by atoms with van der Waals surface area (Å²) in [6, 6.07) is 2.67. The number of nitrogens with zero attached hydrogens (tertiary/aromatic N) is 1. The molecule has 0 heterocycles. The highest BCUT2D eigenvalue weighted by molar-refractivity contribution is 5.80. The number of ketones is 1. The second kappa shape index (κ2) is 5.56. The van der Waals surface area contributed by atoms with Crippen molar-refractivity contribution in [1.82, 2.24) is 0 Å². The van der Waals surface area contributed by atoms with Crippen molar-refractivity contribution >= 4 is 5.78 Å². The number of hydrogen-bond donors (Lipinski definition) is 1. The molecule has 0 spiro atoms. The van der Waals surface area contributed by atoms with Gasteiger partial charge >= 0.3 is 0 Å². The molecule has 0 amide bonds. The molecule has 4 saturated carbocycles. The number of rotatable bonds is 1. The topological polar surface area (TPSA) is 61.1 Å². The number of fused-ring (bicyclic) bond motifs is 5. The van der Waals surface area contributed by atoms with Crippen molar-refractivity contribution in [3.8, 4) is 6.07 Å². The Morgan fingerprint density at radius 1 is 1.08 bits per heavy atom. The zero-order chi connectivity index (χ0) is 17.1. The lowest BCUT2D eigenvalue weighted by atomic mass is 9.44. The van der Waals surface area contributed by atoms with Gasteiger partial charge in [-0.2, -0.15) is 5.26 Å². The van der Waals surface area contributed by atoms with E-state index < -0.39 is 0 Å². The number of carbonyl (C=O) groups excluding carboxylic acids is 1. The van der Waals surface area contributed by atoms with Gasteiger partial charge in [-0.25, -0.2) is 0 Å². The number of aliphatic hydroxyl groups excluding tert-OH is 1. The fourth-order valence-electron chi connectivity index (χ4n) is 7.69. The van der Waals surface area contributed by atoms with E-state index in [0.29, 0.717) is 29.1 Å². The quantitative estimate of drug-likeness (QED) is 0.788. The van der Waals surface area contributed by atoms with E-state index in [-0.39, 0.29) is 23.2 Å². The summed E-state index contributed by atoms with van der Waals surface area (Å²) >= 11 is 0. The van der Waals surface area contributed by atoms with Gasteiger partial charge in [0.1, 0.15) is 5.78 Å². The molecule has 0 bridgehead atoms. The average molecular weight is 329 g/mol. The normalized spacial score (nSPS) is 53.4. The van der Waals surface area contributed by atoms with Crippen LogP contribution in [0.3, 0.4) is 0 Å². The largest absolute Gasteiger partial charge is 0.393 e. The van der Waals surface area contributed by atoms with E-state index in [4.69, 9.17) is 0 Å². The average Bonchev–Trinajstić information content (AvgIpc) is 2.95. The Morgan fingerprint density at radius 2 is 1.88 bits per heavy atom. The number of nitriles is 1. The molecule has 24 heavy (non-hydrogen) atoms. The molecule has 0 saturated heterocycles. The van der Waals surface area contributed by atoms with Gasteiger partial charge < -0.3 is 5.11 Å². The summed E-state index contributed by atoms with van der Waals surface area (Å²) in [6.45, 7) is 4.16. The van der Waals surface area contributed by atoms with E-state index in [1.54, 1.807) is 6.92 Å². The molecule has 0 aliphatic heterocycles. The standard InChI is InChI=1S/C21H31NO2/c1-13(23)17-5-6-19-16-4-3-14-11-15(24)7-9-20(14,2)18(16)8-10-21(17,19)12-22/h14-19,24H,3-11H2,1-2H3/t14-,15-,16-,17-,18+,19+,20+,21+/m1/s1. The first-order valence-electron chi connectivity index (χ1n) is 10.0. The predicted molar refractivity (Wildman–Crippen MR) is 91.8 cm³/mol. The maximum Gasteiger partial charge on any atom is 0.134 e. The van der Waals surface area contributed by atoms with Gasteiger partial charge in [-0.1, -0.05) is 6.92 Å². The predicted octanol–water partition coefficient (Wildman–Crippen LogP) is 4.10. The van der Waals surface area contributed by atoms with Crippen LogP contribution in [0.25, 0.3) is 0 Å². The third-order valence-electron chi connectivity index (χ3n) is 8.85. The monoisotopic (exact) mass is 329 g/mol. The van der Waals surface area contributed by atoms with Gasteiger partial charge in [-0.05, 0) is 93.8 Å². The van der Waals surface area contributed by atoms with Crippen molar-refractivity contribution in [3.63, 3.8) is 0 Å². The number of Topliss-reactive ketones (excluding diaryl/α,β-unsaturated/α-hetero) is 1. The number of aliphatic hydroxyl groups is 1. The lowest BCUT2D eigenvalue weighted by Crippen LogP contribution is -2.54. The summed E-state index contributed by atoms with van der Waals surface area (Å²) in [7, 11) is 0. The molecule has 0 unspecified atom stereocenters. The molecule has 0 aromatic heterocycles. The summed E-state index contributed by atoms with van der Waals surface area (Å²) in [6.07, 6.45) is 9.40. The maximum atomic E-state index is 12.2. The molecule has 132 valence electrons. The van der Waals surface area contributed by atoms with E-state index in [9.17, 15) is 15.2 Å². The van der Waals surface area contributed by atoms with E-state index in [1.165, 1.54) is 12.8 Å². The Balaban J connectivity index is 1.65. The Hall–Kier alpha value is -0.880. The summed E-state index contributed by atoms with van der Waals surface area (Å²) in [5.41, 5.74) is -0.0253. The summed E-state index contributed by atoms with van der Waals surface area (Å²) < 4.78 is 0. The minimum atomic E-state index is -0.371. The Bertz CT molecular complexity index is 581.